The minimum atomic E-state index is -0.657. The van der Waals surface area contributed by atoms with Crippen molar-refractivity contribution in [2.75, 3.05) is 0 Å². The molecular weight excluding hydrogens is 283 g/mol. The molecule has 0 spiro atoms. The molecule has 6 nitrogen and oxygen atoms in total. The highest BCUT2D eigenvalue weighted by Gasteiger charge is 2.13. The number of halogens is 1. The van der Waals surface area contributed by atoms with E-state index in [0.717, 1.165) is 17.8 Å². The summed E-state index contributed by atoms with van der Waals surface area (Å²) in [6.07, 6.45) is 1.77. The van der Waals surface area contributed by atoms with Gasteiger partial charge in [-0.15, -0.1) is 10.2 Å². The molecule has 20 heavy (non-hydrogen) atoms. The van der Waals surface area contributed by atoms with Gasteiger partial charge in [-0.2, -0.15) is 0 Å². The lowest BCUT2D eigenvalue weighted by atomic mass is 10.3. The topological polar surface area (TPSA) is 73.3 Å². The molecule has 0 unspecified atom stereocenters. The van der Waals surface area contributed by atoms with Gasteiger partial charge in [0.2, 0.25) is 0 Å². The van der Waals surface area contributed by atoms with Gasteiger partial charge in [0.1, 0.15) is 5.82 Å². The van der Waals surface area contributed by atoms with Crippen LogP contribution in [0.4, 0.5) is 10.1 Å². The molecule has 1 aromatic carbocycles. The maximum absolute atomic E-state index is 13.4. The maximum atomic E-state index is 13.4. The van der Waals surface area contributed by atoms with E-state index in [9.17, 15) is 14.5 Å². The average Bonchev–Trinajstić information content (AvgIpc) is 2.82. The van der Waals surface area contributed by atoms with Crippen LogP contribution in [0.15, 0.2) is 52.6 Å². The van der Waals surface area contributed by atoms with Gasteiger partial charge >= 0.3 is 0 Å². The molecule has 2 aromatic heterocycles. The average molecular weight is 290 g/mol. The molecule has 0 atom stereocenters. The van der Waals surface area contributed by atoms with E-state index in [0.29, 0.717) is 15.7 Å². The van der Waals surface area contributed by atoms with Crippen molar-refractivity contribution in [3.05, 3.63) is 58.5 Å². The Bertz CT molecular complexity index is 805. The lowest BCUT2D eigenvalue weighted by Gasteiger charge is -2.00. The van der Waals surface area contributed by atoms with E-state index >= 15 is 0 Å². The summed E-state index contributed by atoms with van der Waals surface area (Å²) in [5.41, 5.74) is 0.363. The second kappa shape index (κ2) is 4.89. The summed E-state index contributed by atoms with van der Waals surface area (Å²) in [5, 5.41) is 19.2. The minimum absolute atomic E-state index is 0.290. The molecule has 0 bridgehead atoms. The van der Waals surface area contributed by atoms with E-state index in [1.807, 2.05) is 12.1 Å². The van der Waals surface area contributed by atoms with Gasteiger partial charge in [-0.3, -0.25) is 14.5 Å². The third-order valence-corrected chi connectivity index (χ3v) is 3.49. The molecule has 2 heterocycles. The molecule has 8 heteroatoms. The van der Waals surface area contributed by atoms with Crippen LogP contribution in [0.1, 0.15) is 0 Å². The molecule has 3 rings (SSSR count). The number of rotatable bonds is 3. The third-order valence-electron chi connectivity index (χ3n) is 2.56. The summed E-state index contributed by atoms with van der Waals surface area (Å²) in [4.78, 5) is 10.5. The van der Waals surface area contributed by atoms with Crippen molar-refractivity contribution in [2.24, 2.45) is 0 Å². The standard InChI is InChI=1S/C12H7FN4O2S/c13-8-5-9(17(18)19)7-10(6-8)20-12-15-14-11-3-1-2-4-16(11)12/h1-7H. The first-order valence-electron chi connectivity index (χ1n) is 5.56. The molecule has 0 saturated heterocycles. The fourth-order valence-electron chi connectivity index (χ4n) is 1.71. The molecule has 3 aromatic rings. The predicted octanol–water partition coefficient (Wildman–Crippen LogP) is 2.93. The molecule has 0 fully saturated rings. The zero-order valence-corrected chi connectivity index (χ0v) is 10.7. The van der Waals surface area contributed by atoms with Crippen molar-refractivity contribution in [3.8, 4) is 0 Å². The SMILES string of the molecule is O=[N+]([O-])c1cc(F)cc(Sc2nnc3ccccn23)c1. The molecule has 0 aliphatic heterocycles. The Morgan fingerprint density at radius 1 is 1.25 bits per heavy atom. The highest BCUT2D eigenvalue weighted by atomic mass is 32.2. The number of hydrogen-bond donors (Lipinski definition) is 0. The normalized spacial score (nSPS) is 10.8. The lowest BCUT2D eigenvalue weighted by Crippen LogP contribution is -1.91. The number of benzene rings is 1. The molecule has 0 saturated carbocycles. The highest BCUT2D eigenvalue weighted by molar-refractivity contribution is 7.99. The second-order valence-electron chi connectivity index (χ2n) is 3.92. The Hall–Kier alpha value is -2.48. The van der Waals surface area contributed by atoms with E-state index in [-0.39, 0.29) is 5.69 Å². The maximum Gasteiger partial charge on any atom is 0.273 e. The minimum Gasteiger partial charge on any atom is -0.277 e. The van der Waals surface area contributed by atoms with Crippen molar-refractivity contribution in [2.45, 2.75) is 10.1 Å². The van der Waals surface area contributed by atoms with Crippen LogP contribution in [0.25, 0.3) is 5.65 Å². The van der Waals surface area contributed by atoms with Crippen LogP contribution in [-0.4, -0.2) is 19.5 Å². The number of pyridine rings is 1. The van der Waals surface area contributed by atoms with Crippen LogP contribution in [0, 0.1) is 15.9 Å². The Labute approximate surface area is 116 Å². The van der Waals surface area contributed by atoms with Crippen molar-refractivity contribution >= 4 is 23.1 Å². The van der Waals surface area contributed by atoms with Gasteiger partial charge in [-0.25, -0.2) is 4.39 Å². The van der Waals surface area contributed by atoms with Gasteiger partial charge in [0.25, 0.3) is 5.69 Å². The van der Waals surface area contributed by atoms with Gasteiger partial charge in [-0.1, -0.05) is 6.07 Å². The van der Waals surface area contributed by atoms with Gasteiger partial charge in [0.05, 0.1) is 11.0 Å². The van der Waals surface area contributed by atoms with E-state index in [1.54, 1.807) is 16.7 Å². The Kier molecular flexibility index (Phi) is 3.07. The van der Waals surface area contributed by atoms with Gasteiger partial charge < -0.3 is 0 Å². The van der Waals surface area contributed by atoms with Crippen LogP contribution < -0.4 is 0 Å². The fourth-order valence-corrected chi connectivity index (χ4v) is 2.60. The first kappa shape index (κ1) is 12.5. The summed E-state index contributed by atoms with van der Waals surface area (Å²) >= 11 is 1.11. The van der Waals surface area contributed by atoms with Crippen LogP contribution in [-0.2, 0) is 0 Å². The predicted molar refractivity (Wildman–Crippen MR) is 70.2 cm³/mol. The van der Waals surface area contributed by atoms with Gasteiger partial charge in [0, 0.05) is 17.2 Å². The largest absolute Gasteiger partial charge is 0.277 e. The summed E-state index contributed by atoms with van der Waals surface area (Å²) in [7, 11) is 0. The number of fused-ring (bicyclic) bond motifs is 1. The highest BCUT2D eigenvalue weighted by Crippen LogP contribution is 2.30. The van der Waals surface area contributed by atoms with E-state index < -0.39 is 10.7 Å². The number of hydrogen-bond acceptors (Lipinski definition) is 5. The molecule has 0 amide bonds. The van der Waals surface area contributed by atoms with Crippen molar-refractivity contribution in [1.82, 2.24) is 14.6 Å². The number of nitrogens with zero attached hydrogens (tertiary/aromatic N) is 4. The van der Waals surface area contributed by atoms with Crippen LogP contribution >= 0.6 is 11.8 Å². The van der Waals surface area contributed by atoms with Crippen LogP contribution in [0.5, 0.6) is 0 Å². The molecule has 0 aliphatic carbocycles. The zero-order valence-electron chi connectivity index (χ0n) is 9.93. The first-order valence-corrected chi connectivity index (χ1v) is 6.38. The first-order chi connectivity index (χ1) is 9.63. The smallest absolute Gasteiger partial charge is 0.273 e. The van der Waals surface area contributed by atoms with E-state index in [1.165, 1.54) is 12.1 Å². The molecule has 0 N–H and O–H groups in total. The summed E-state index contributed by atoms with van der Waals surface area (Å²) in [6, 6.07) is 8.83. The number of nitro groups is 1. The summed E-state index contributed by atoms with van der Waals surface area (Å²) in [6.45, 7) is 0. The van der Waals surface area contributed by atoms with Crippen molar-refractivity contribution < 1.29 is 9.31 Å². The summed E-state index contributed by atoms with van der Waals surface area (Å²) in [5.74, 6) is -0.657. The number of aromatic nitrogens is 3. The van der Waals surface area contributed by atoms with E-state index in [2.05, 4.69) is 10.2 Å². The number of non-ortho nitro benzene ring substituents is 1. The third kappa shape index (κ3) is 2.32. The second-order valence-corrected chi connectivity index (χ2v) is 4.96. The fraction of sp³-hybridized carbons (Fsp3) is 0. The summed E-state index contributed by atoms with van der Waals surface area (Å²) < 4.78 is 15.1. The molecule has 100 valence electrons. The van der Waals surface area contributed by atoms with Crippen molar-refractivity contribution in [1.29, 1.82) is 0 Å². The van der Waals surface area contributed by atoms with Gasteiger partial charge in [-0.05, 0) is 30.0 Å². The Morgan fingerprint density at radius 3 is 2.90 bits per heavy atom. The van der Waals surface area contributed by atoms with Crippen molar-refractivity contribution in [3.63, 3.8) is 0 Å². The van der Waals surface area contributed by atoms with E-state index in [4.69, 9.17) is 0 Å². The van der Waals surface area contributed by atoms with Gasteiger partial charge in [0.15, 0.2) is 10.8 Å². The quantitative estimate of drug-likeness (QED) is 0.547. The van der Waals surface area contributed by atoms with Crippen LogP contribution in [0.3, 0.4) is 0 Å². The van der Waals surface area contributed by atoms with Crippen LogP contribution in [0.2, 0.25) is 0 Å². The molecule has 0 radical (unpaired) electrons. The Balaban J connectivity index is 2.00. The monoisotopic (exact) mass is 290 g/mol. The Morgan fingerprint density at radius 2 is 2.10 bits per heavy atom. The number of nitro benzene ring substituents is 1. The molecule has 0 aliphatic rings. The molecular formula is C12H7FN4O2S. The lowest BCUT2D eigenvalue weighted by molar-refractivity contribution is -0.385. The zero-order chi connectivity index (χ0) is 14.1.